The van der Waals surface area contributed by atoms with Gasteiger partial charge in [-0.25, -0.2) is 4.99 Å². The normalized spacial score (nSPS) is 18.3. The lowest BCUT2D eigenvalue weighted by Crippen LogP contribution is -2.36. The Bertz CT molecular complexity index is 1120. The molecule has 0 aromatic heterocycles. The fourth-order valence-electron chi connectivity index (χ4n) is 3.66. The number of amides is 1. The van der Waals surface area contributed by atoms with Gasteiger partial charge in [-0.15, -0.1) is 0 Å². The highest BCUT2D eigenvalue weighted by Gasteiger charge is 2.26. The van der Waals surface area contributed by atoms with Crippen LogP contribution in [0.25, 0.3) is 0 Å². The third-order valence-electron chi connectivity index (χ3n) is 5.17. The number of ketones is 1. The summed E-state index contributed by atoms with van der Waals surface area (Å²) in [5.74, 6) is 0.363. The van der Waals surface area contributed by atoms with Crippen LogP contribution in [0.3, 0.4) is 0 Å². The van der Waals surface area contributed by atoms with Crippen molar-refractivity contribution in [1.82, 2.24) is 4.90 Å². The summed E-state index contributed by atoms with van der Waals surface area (Å²) in [5.41, 5.74) is 7.72. The molecule has 3 heterocycles. The molecule has 0 atom stereocenters. The molecule has 0 spiro atoms. The van der Waals surface area contributed by atoms with Crippen LogP contribution in [0.15, 0.2) is 72.9 Å². The van der Waals surface area contributed by atoms with E-state index in [0.717, 1.165) is 49.8 Å². The fourth-order valence-corrected chi connectivity index (χ4v) is 6.08. The average molecular weight is 438 g/mol. The Morgan fingerprint density at radius 3 is 2.70 bits per heavy atom. The van der Waals surface area contributed by atoms with Crippen molar-refractivity contribution in [3.63, 3.8) is 0 Å². The number of hydrogen-bond acceptors (Lipinski definition) is 7. The zero-order valence-corrected chi connectivity index (χ0v) is 17.7. The van der Waals surface area contributed by atoms with Gasteiger partial charge in [-0.3, -0.25) is 9.59 Å². The van der Waals surface area contributed by atoms with Gasteiger partial charge in [0.1, 0.15) is 5.82 Å². The number of ether oxygens (including phenoxy) is 1. The molecule has 0 aliphatic carbocycles. The number of allylic oxidation sites excluding steroid dienone is 1. The Morgan fingerprint density at radius 2 is 1.90 bits per heavy atom. The molecule has 30 heavy (non-hydrogen) atoms. The lowest BCUT2D eigenvalue weighted by molar-refractivity contribution is -0.113. The highest BCUT2D eigenvalue weighted by Crippen LogP contribution is 2.50. The summed E-state index contributed by atoms with van der Waals surface area (Å²) < 4.78 is 5.42. The molecule has 8 heteroatoms. The second-order valence-electron chi connectivity index (χ2n) is 7.17. The molecule has 0 unspecified atom stereocenters. The van der Waals surface area contributed by atoms with Crippen LogP contribution in [-0.4, -0.2) is 48.6 Å². The van der Waals surface area contributed by atoms with Crippen molar-refractivity contribution >= 4 is 40.9 Å². The smallest absolute Gasteiger partial charge is 0.248 e. The standard InChI is InChI=1S/C22H19N3O3S2/c23-22(27)13-4-5-17-19(10-13)29-18-3-1-2-15(21(18)30-17)16-11-14(26)12-20(24-16)25-6-8-28-9-7-25/h1-5,10,12H,6-9,11H2,(H2,23,27). The van der Waals surface area contributed by atoms with Crippen molar-refractivity contribution in [1.29, 1.82) is 0 Å². The minimum absolute atomic E-state index is 0.0686. The number of morpholine rings is 1. The Morgan fingerprint density at radius 1 is 1.07 bits per heavy atom. The van der Waals surface area contributed by atoms with Crippen LogP contribution >= 0.6 is 23.5 Å². The number of primary amides is 1. The molecule has 1 amide bonds. The molecule has 152 valence electrons. The summed E-state index contributed by atoms with van der Waals surface area (Å²) in [7, 11) is 0. The number of hydrogen-bond donors (Lipinski definition) is 1. The SMILES string of the molecule is NC(=O)c1ccc2c(c1)Sc1cccc(C3=NC(N4CCOCC4)=CC(=O)C3)c1S2. The fraction of sp³-hybridized carbons (Fsp3) is 0.227. The molecule has 2 N–H and O–H groups in total. The van der Waals surface area contributed by atoms with Gasteiger partial charge in [0, 0.05) is 49.9 Å². The van der Waals surface area contributed by atoms with Gasteiger partial charge in [0.05, 0.1) is 25.3 Å². The maximum absolute atomic E-state index is 12.5. The van der Waals surface area contributed by atoms with Gasteiger partial charge in [0.15, 0.2) is 5.78 Å². The Hall–Kier alpha value is -2.55. The lowest BCUT2D eigenvalue weighted by atomic mass is 10.0. The predicted molar refractivity (Wildman–Crippen MR) is 116 cm³/mol. The molecular formula is C22H19N3O3S2. The summed E-state index contributed by atoms with van der Waals surface area (Å²) >= 11 is 3.25. The first-order valence-electron chi connectivity index (χ1n) is 9.66. The monoisotopic (exact) mass is 437 g/mol. The molecule has 2 aromatic carbocycles. The first-order valence-corrected chi connectivity index (χ1v) is 11.3. The molecule has 5 rings (SSSR count). The summed E-state index contributed by atoms with van der Waals surface area (Å²) in [6, 6.07) is 11.6. The van der Waals surface area contributed by atoms with Crippen LogP contribution < -0.4 is 5.73 Å². The summed E-state index contributed by atoms with van der Waals surface area (Å²) in [5, 5.41) is 0. The summed E-state index contributed by atoms with van der Waals surface area (Å²) in [6.45, 7) is 2.77. The third-order valence-corrected chi connectivity index (χ3v) is 7.76. The number of aliphatic imine (C=N–C) groups is 1. The summed E-state index contributed by atoms with van der Waals surface area (Å²) in [4.78, 5) is 35.3. The van der Waals surface area contributed by atoms with Gasteiger partial charge in [0.25, 0.3) is 0 Å². The maximum atomic E-state index is 12.5. The van der Waals surface area contributed by atoms with Gasteiger partial charge in [-0.2, -0.15) is 0 Å². The number of carbonyl (C=O) groups is 2. The molecule has 0 saturated carbocycles. The van der Waals surface area contributed by atoms with E-state index in [0.29, 0.717) is 25.2 Å². The molecule has 0 radical (unpaired) electrons. The van der Waals surface area contributed by atoms with Crippen molar-refractivity contribution < 1.29 is 14.3 Å². The molecule has 3 aliphatic heterocycles. The number of fused-ring (bicyclic) bond motifs is 2. The van der Waals surface area contributed by atoms with E-state index in [9.17, 15) is 9.59 Å². The first kappa shape index (κ1) is 19.4. The molecule has 6 nitrogen and oxygen atoms in total. The van der Waals surface area contributed by atoms with Crippen LogP contribution in [0.5, 0.6) is 0 Å². The molecule has 0 bridgehead atoms. The molecular weight excluding hydrogens is 418 g/mol. The largest absolute Gasteiger partial charge is 0.378 e. The van der Waals surface area contributed by atoms with Gasteiger partial charge in [-0.1, -0.05) is 35.7 Å². The zero-order valence-electron chi connectivity index (χ0n) is 16.1. The van der Waals surface area contributed by atoms with E-state index < -0.39 is 5.91 Å². The lowest BCUT2D eigenvalue weighted by Gasteiger charge is -2.30. The van der Waals surface area contributed by atoms with Crippen LogP contribution in [0.4, 0.5) is 0 Å². The van der Waals surface area contributed by atoms with E-state index in [4.69, 9.17) is 15.5 Å². The number of rotatable bonds is 3. The van der Waals surface area contributed by atoms with E-state index in [-0.39, 0.29) is 5.78 Å². The molecule has 3 aliphatic rings. The third kappa shape index (κ3) is 3.66. The second-order valence-corrected chi connectivity index (χ2v) is 9.30. The Labute approximate surface area is 182 Å². The van der Waals surface area contributed by atoms with Gasteiger partial charge < -0.3 is 15.4 Å². The molecule has 1 saturated heterocycles. The van der Waals surface area contributed by atoms with Crippen molar-refractivity contribution in [2.45, 2.75) is 26.0 Å². The van der Waals surface area contributed by atoms with Crippen LogP contribution in [0, 0.1) is 0 Å². The van der Waals surface area contributed by atoms with Gasteiger partial charge in [0.2, 0.25) is 5.91 Å². The Kier molecular flexibility index (Phi) is 5.14. The highest BCUT2D eigenvalue weighted by atomic mass is 32.2. The average Bonchev–Trinajstić information content (AvgIpc) is 2.77. The summed E-state index contributed by atoms with van der Waals surface area (Å²) in [6.07, 6.45) is 1.94. The minimum atomic E-state index is -0.430. The number of benzene rings is 2. The van der Waals surface area contributed by atoms with E-state index in [2.05, 4.69) is 11.0 Å². The van der Waals surface area contributed by atoms with Gasteiger partial charge in [-0.05, 0) is 24.3 Å². The number of nitrogens with zero attached hydrogens (tertiary/aromatic N) is 2. The highest BCUT2D eigenvalue weighted by molar-refractivity contribution is 8.05. The quantitative estimate of drug-likeness (QED) is 0.677. The van der Waals surface area contributed by atoms with Crippen molar-refractivity contribution in [2.24, 2.45) is 10.7 Å². The Balaban J connectivity index is 1.50. The van der Waals surface area contributed by atoms with Crippen molar-refractivity contribution in [3.8, 4) is 0 Å². The molecule has 2 aromatic rings. The zero-order chi connectivity index (χ0) is 20.7. The van der Waals surface area contributed by atoms with E-state index >= 15 is 0 Å². The van der Waals surface area contributed by atoms with Crippen LogP contribution in [0.2, 0.25) is 0 Å². The topological polar surface area (TPSA) is 85.0 Å². The second kappa shape index (κ2) is 7.94. The van der Waals surface area contributed by atoms with Crippen molar-refractivity contribution in [2.75, 3.05) is 26.3 Å². The molecule has 1 fully saturated rings. The maximum Gasteiger partial charge on any atom is 0.248 e. The van der Waals surface area contributed by atoms with Crippen LogP contribution in [0.1, 0.15) is 22.3 Å². The predicted octanol–water partition coefficient (Wildman–Crippen LogP) is 3.34. The number of carbonyl (C=O) groups excluding carboxylic acids is 2. The van der Waals surface area contributed by atoms with E-state index in [1.807, 2.05) is 24.3 Å². The first-order chi connectivity index (χ1) is 14.6. The van der Waals surface area contributed by atoms with Gasteiger partial charge >= 0.3 is 0 Å². The van der Waals surface area contributed by atoms with Crippen molar-refractivity contribution in [3.05, 3.63) is 59.4 Å². The minimum Gasteiger partial charge on any atom is -0.378 e. The van der Waals surface area contributed by atoms with Crippen LogP contribution in [-0.2, 0) is 9.53 Å². The van der Waals surface area contributed by atoms with E-state index in [1.165, 1.54) is 0 Å². The number of nitrogens with two attached hydrogens (primary N) is 1. The van der Waals surface area contributed by atoms with E-state index in [1.54, 1.807) is 35.7 Å².